The Bertz CT molecular complexity index is 408. The van der Waals surface area contributed by atoms with Crippen molar-refractivity contribution in [3.63, 3.8) is 0 Å². The van der Waals surface area contributed by atoms with Gasteiger partial charge in [0.25, 0.3) is 5.91 Å². The van der Waals surface area contributed by atoms with Crippen LogP contribution in [0.3, 0.4) is 0 Å². The molecule has 0 aliphatic carbocycles. The van der Waals surface area contributed by atoms with Crippen molar-refractivity contribution < 1.29 is 9.53 Å². The largest absolute Gasteiger partial charge is 0.483 e. The molecule has 0 aromatic heterocycles. The molecule has 1 rings (SSSR count). The topological polar surface area (TPSA) is 64.3 Å². The van der Waals surface area contributed by atoms with Crippen molar-refractivity contribution in [3.05, 3.63) is 28.8 Å². The summed E-state index contributed by atoms with van der Waals surface area (Å²) in [5, 5.41) is 3.34. The van der Waals surface area contributed by atoms with Crippen molar-refractivity contribution in [2.45, 2.75) is 26.3 Å². The fourth-order valence-electron chi connectivity index (χ4n) is 1.47. The number of carbonyl (C=O) groups is 1. The highest BCUT2D eigenvalue weighted by Crippen LogP contribution is 2.27. The maximum Gasteiger partial charge on any atom is 0.257 e. The van der Waals surface area contributed by atoms with Crippen LogP contribution < -0.4 is 15.8 Å². The van der Waals surface area contributed by atoms with E-state index in [1.165, 1.54) is 0 Å². The van der Waals surface area contributed by atoms with Gasteiger partial charge in [-0.1, -0.05) is 18.5 Å². The zero-order valence-electron chi connectivity index (χ0n) is 10.7. The van der Waals surface area contributed by atoms with Crippen LogP contribution in [0.5, 0.6) is 5.75 Å². The minimum atomic E-state index is -0.197. The average Bonchev–Trinajstić information content (AvgIpc) is 2.34. The van der Waals surface area contributed by atoms with Crippen molar-refractivity contribution in [1.29, 1.82) is 0 Å². The zero-order chi connectivity index (χ0) is 13.5. The summed E-state index contributed by atoms with van der Waals surface area (Å²) in [5.41, 5.74) is 6.63. The number of nitrogens with one attached hydrogen (secondary N) is 1. The molecule has 100 valence electrons. The molecule has 0 fully saturated rings. The molecule has 1 amide bonds. The molecule has 4 nitrogen and oxygen atoms in total. The van der Waals surface area contributed by atoms with E-state index in [1.807, 2.05) is 13.8 Å². The van der Waals surface area contributed by atoms with Gasteiger partial charge in [0.1, 0.15) is 5.75 Å². The Kier molecular flexibility index (Phi) is 5.95. The highest BCUT2D eigenvalue weighted by atomic mass is 35.5. The molecule has 0 saturated heterocycles. The molecule has 0 aliphatic rings. The molecule has 0 spiro atoms. The van der Waals surface area contributed by atoms with Crippen LogP contribution in [-0.2, 0) is 4.79 Å². The molecular weight excluding hydrogens is 252 g/mol. The molecule has 0 bridgehead atoms. The van der Waals surface area contributed by atoms with Crippen LogP contribution in [0.15, 0.2) is 18.2 Å². The maximum atomic E-state index is 11.4. The average molecular weight is 271 g/mol. The van der Waals surface area contributed by atoms with Crippen LogP contribution in [0.1, 0.15) is 31.9 Å². The summed E-state index contributed by atoms with van der Waals surface area (Å²) in [7, 11) is 0. The summed E-state index contributed by atoms with van der Waals surface area (Å²) in [6, 6.07) is 5.00. The van der Waals surface area contributed by atoms with Crippen molar-refractivity contribution in [3.8, 4) is 5.75 Å². The number of amides is 1. The van der Waals surface area contributed by atoms with Gasteiger partial charge in [0, 0.05) is 23.2 Å². The van der Waals surface area contributed by atoms with Crippen molar-refractivity contribution >= 4 is 17.5 Å². The van der Waals surface area contributed by atoms with E-state index in [-0.39, 0.29) is 18.6 Å². The van der Waals surface area contributed by atoms with Gasteiger partial charge in [-0.3, -0.25) is 4.79 Å². The number of rotatable bonds is 6. The number of carbonyl (C=O) groups excluding carboxylic acids is 1. The highest BCUT2D eigenvalue weighted by molar-refractivity contribution is 6.30. The minimum Gasteiger partial charge on any atom is -0.483 e. The molecule has 18 heavy (non-hydrogen) atoms. The van der Waals surface area contributed by atoms with Gasteiger partial charge in [-0.25, -0.2) is 0 Å². The van der Waals surface area contributed by atoms with Crippen LogP contribution in [-0.4, -0.2) is 19.1 Å². The first-order valence-electron chi connectivity index (χ1n) is 5.99. The van der Waals surface area contributed by atoms with E-state index in [1.54, 1.807) is 18.2 Å². The molecule has 3 N–H and O–H groups in total. The number of nitrogens with two attached hydrogens (primary N) is 1. The number of hydrogen-bond acceptors (Lipinski definition) is 3. The highest BCUT2D eigenvalue weighted by Gasteiger charge is 2.10. The van der Waals surface area contributed by atoms with E-state index in [0.29, 0.717) is 17.3 Å². The summed E-state index contributed by atoms with van der Waals surface area (Å²) < 4.78 is 5.46. The van der Waals surface area contributed by atoms with Gasteiger partial charge in [0.2, 0.25) is 0 Å². The third-order valence-corrected chi connectivity index (χ3v) is 2.63. The van der Waals surface area contributed by atoms with Crippen molar-refractivity contribution in [2.24, 2.45) is 5.73 Å². The monoisotopic (exact) mass is 270 g/mol. The Balaban J connectivity index is 2.64. The van der Waals surface area contributed by atoms with Gasteiger partial charge in [-0.05, 0) is 31.5 Å². The summed E-state index contributed by atoms with van der Waals surface area (Å²) in [4.78, 5) is 11.4. The van der Waals surface area contributed by atoms with Gasteiger partial charge < -0.3 is 15.8 Å². The van der Waals surface area contributed by atoms with E-state index in [9.17, 15) is 4.79 Å². The molecule has 1 aromatic rings. The molecule has 0 radical (unpaired) electrons. The number of benzene rings is 1. The molecule has 5 heteroatoms. The lowest BCUT2D eigenvalue weighted by Crippen LogP contribution is -2.29. The maximum absolute atomic E-state index is 11.4. The third-order valence-electron chi connectivity index (χ3n) is 2.39. The molecule has 0 saturated carbocycles. The number of ether oxygens (including phenoxy) is 1. The summed E-state index contributed by atoms with van der Waals surface area (Å²) in [5.74, 6) is 0.462. The first-order valence-corrected chi connectivity index (χ1v) is 6.37. The van der Waals surface area contributed by atoms with Crippen LogP contribution in [0.25, 0.3) is 0 Å². The summed E-state index contributed by atoms with van der Waals surface area (Å²) >= 11 is 5.90. The van der Waals surface area contributed by atoms with Crippen LogP contribution in [0.4, 0.5) is 0 Å². The van der Waals surface area contributed by atoms with Crippen LogP contribution >= 0.6 is 11.6 Å². The Morgan fingerprint density at radius 3 is 2.89 bits per heavy atom. The fraction of sp³-hybridized carbons (Fsp3) is 0.462. The lowest BCUT2D eigenvalue weighted by Gasteiger charge is -2.14. The number of hydrogen-bond donors (Lipinski definition) is 2. The smallest absolute Gasteiger partial charge is 0.257 e. The lowest BCUT2D eigenvalue weighted by molar-refractivity contribution is -0.123. The minimum absolute atomic E-state index is 0.0125. The lowest BCUT2D eigenvalue weighted by atomic mass is 10.1. The SMILES string of the molecule is CCCNC(=O)COc1ccc(Cl)cc1[C@H](C)N. The summed E-state index contributed by atoms with van der Waals surface area (Å²) in [6.07, 6.45) is 0.901. The second-order valence-electron chi connectivity index (χ2n) is 4.11. The van der Waals surface area contributed by atoms with Crippen molar-refractivity contribution in [1.82, 2.24) is 5.32 Å². The Hall–Kier alpha value is -1.26. The van der Waals surface area contributed by atoms with E-state index < -0.39 is 0 Å². The predicted molar refractivity (Wildman–Crippen MR) is 72.9 cm³/mol. The van der Waals surface area contributed by atoms with Crippen LogP contribution in [0.2, 0.25) is 5.02 Å². The first-order chi connectivity index (χ1) is 8.54. The zero-order valence-corrected chi connectivity index (χ0v) is 11.5. The van der Waals surface area contributed by atoms with Gasteiger partial charge in [-0.2, -0.15) is 0 Å². The second kappa shape index (κ2) is 7.24. The van der Waals surface area contributed by atoms with E-state index in [2.05, 4.69) is 5.32 Å². The second-order valence-corrected chi connectivity index (χ2v) is 4.55. The Morgan fingerprint density at radius 2 is 2.28 bits per heavy atom. The quantitative estimate of drug-likeness (QED) is 0.833. The molecule has 1 atom stereocenters. The molecule has 0 heterocycles. The van der Waals surface area contributed by atoms with E-state index in [0.717, 1.165) is 12.0 Å². The standard InChI is InChI=1S/C13H19ClN2O2/c1-3-6-16-13(17)8-18-12-5-4-10(14)7-11(12)9(2)15/h4-5,7,9H,3,6,8,15H2,1-2H3,(H,16,17)/t9-/m0/s1. The third kappa shape index (κ3) is 4.55. The first kappa shape index (κ1) is 14.8. The molecule has 0 aliphatic heterocycles. The predicted octanol–water partition coefficient (Wildman–Crippen LogP) is 2.26. The normalized spacial score (nSPS) is 12.0. The molecular formula is C13H19ClN2O2. The Labute approximate surface area is 112 Å². The molecule has 0 unspecified atom stereocenters. The van der Waals surface area contributed by atoms with Gasteiger partial charge >= 0.3 is 0 Å². The van der Waals surface area contributed by atoms with Crippen LogP contribution in [0, 0.1) is 0 Å². The van der Waals surface area contributed by atoms with Gasteiger partial charge in [0.15, 0.2) is 6.61 Å². The molecule has 1 aromatic carbocycles. The van der Waals surface area contributed by atoms with E-state index in [4.69, 9.17) is 22.1 Å². The fourth-order valence-corrected chi connectivity index (χ4v) is 1.65. The Morgan fingerprint density at radius 1 is 1.56 bits per heavy atom. The van der Waals surface area contributed by atoms with Crippen molar-refractivity contribution in [2.75, 3.05) is 13.2 Å². The summed E-state index contributed by atoms with van der Waals surface area (Å²) in [6.45, 7) is 4.48. The van der Waals surface area contributed by atoms with E-state index >= 15 is 0 Å². The van der Waals surface area contributed by atoms with Gasteiger partial charge in [0.05, 0.1) is 0 Å². The van der Waals surface area contributed by atoms with Gasteiger partial charge in [-0.15, -0.1) is 0 Å². The number of halogens is 1.